The van der Waals surface area contributed by atoms with Gasteiger partial charge in [-0.25, -0.2) is 9.18 Å². The number of imidazole rings is 1. The van der Waals surface area contributed by atoms with E-state index < -0.39 is 40.7 Å². The lowest BCUT2D eigenvalue weighted by Crippen LogP contribution is -2.26. The third kappa shape index (κ3) is 3.57. The average Bonchev–Trinajstić information content (AvgIpc) is 2.83. The molecule has 0 saturated heterocycles. The Bertz CT molecular complexity index is 1060. The number of hydrogen-bond donors (Lipinski definition) is 2. The largest absolute Gasteiger partial charge is 0.417 e. The first-order valence-corrected chi connectivity index (χ1v) is 7.57. The van der Waals surface area contributed by atoms with Crippen LogP contribution in [0.2, 0.25) is 5.02 Å². The molecule has 3 aromatic rings. The predicted octanol–water partition coefficient (Wildman–Crippen LogP) is 3.78. The Balaban J connectivity index is 1.84. The van der Waals surface area contributed by atoms with Crippen LogP contribution in [0.3, 0.4) is 0 Å². The van der Waals surface area contributed by atoms with Gasteiger partial charge in [-0.1, -0.05) is 11.6 Å². The van der Waals surface area contributed by atoms with E-state index in [2.05, 4.69) is 10.3 Å². The lowest BCUT2D eigenvalue weighted by Gasteiger charge is -2.12. The number of rotatable bonds is 3. The number of fused-ring (bicyclic) bond motifs is 1. The summed E-state index contributed by atoms with van der Waals surface area (Å²) in [6, 6.07) is 6.47. The van der Waals surface area contributed by atoms with Gasteiger partial charge in [0.1, 0.15) is 12.4 Å². The third-order valence-electron chi connectivity index (χ3n) is 3.59. The average molecular weight is 388 g/mol. The molecule has 0 fully saturated rings. The predicted molar refractivity (Wildman–Crippen MR) is 87.6 cm³/mol. The van der Waals surface area contributed by atoms with Crippen LogP contribution in [0.4, 0.5) is 23.2 Å². The first-order valence-electron chi connectivity index (χ1n) is 7.20. The van der Waals surface area contributed by atoms with Crippen LogP contribution in [0.15, 0.2) is 41.2 Å². The summed E-state index contributed by atoms with van der Waals surface area (Å²) in [6.45, 7) is -0.464. The molecule has 136 valence electrons. The number of amides is 1. The van der Waals surface area contributed by atoms with Crippen LogP contribution >= 0.6 is 11.6 Å². The number of halogens is 5. The van der Waals surface area contributed by atoms with Crippen molar-refractivity contribution in [1.29, 1.82) is 0 Å². The summed E-state index contributed by atoms with van der Waals surface area (Å²) >= 11 is 5.52. The number of nitrogens with zero attached hydrogens (tertiary/aromatic N) is 1. The number of benzene rings is 2. The topological polar surface area (TPSA) is 66.9 Å². The van der Waals surface area contributed by atoms with Crippen LogP contribution in [-0.2, 0) is 17.5 Å². The fourth-order valence-corrected chi connectivity index (χ4v) is 2.68. The zero-order valence-electron chi connectivity index (χ0n) is 12.8. The van der Waals surface area contributed by atoms with Gasteiger partial charge in [-0.3, -0.25) is 9.36 Å². The number of hydrogen-bond acceptors (Lipinski definition) is 2. The van der Waals surface area contributed by atoms with Crippen LogP contribution in [0.1, 0.15) is 5.56 Å². The Morgan fingerprint density at radius 3 is 2.62 bits per heavy atom. The van der Waals surface area contributed by atoms with Gasteiger partial charge >= 0.3 is 11.9 Å². The Hall–Kier alpha value is -2.81. The maximum atomic E-state index is 13.2. The van der Waals surface area contributed by atoms with Gasteiger partial charge in [0, 0.05) is 5.69 Å². The van der Waals surface area contributed by atoms with E-state index in [1.807, 2.05) is 0 Å². The standard InChI is InChI=1S/C16H10ClF4N3O2/c17-11-3-2-9(6-10(11)16(19,20)21)22-14(25)7-24-13-4-1-8(18)5-12(13)23-15(24)26/h1-6H,7H2,(H,22,25)(H,23,26). The van der Waals surface area contributed by atoms with Crippen LogP contribution in [-0.4, -0.2) is 15.5 Å². The number of anilines is 1. The van der Waals surface area contributed by atoms with Crippen molar-refractivity contribution in [2.45, 2.75) is 12.7 Å². The highest BCUT2D eigenvalue weighted by Crippen LogP contribution is 2.36. The molecule has 1 aromatic heterocycles. The van der Waals surface area contributed by atoms with Crippen molar-refractivity contribution in [2.24, 2.45) is 0 Å². The van der Waals surface area contributed by atoms with Crippen molar-refractivity contribution >= 4 is 34.2 Å². The van der Waals surface area contributed by atoms with Crippen molar-refractivity contribution in [3.8, 4) is 0 Å². The molecule has 1 heterocycles. The maximum absolute atomic E-state index is 13.2. The smallest absolute Gasteiger partial charge is 0.325 e. The zero-order chi connectivity index (χ0) is 19.1. The Morgan fingerprint density at radius 1 is 1.19 bits per heavy atom. The second kappa shape index (κ2) is 6.49. The van der Waals surface area contributed by atoms with Gasteiger partial charge in [0.15, 0.2) is 0 Å². The fourth-order valence-electron chi connectivity index (χ4n) is 2.46. The zero-order valence-corrected chi connectivity index (χ0v) is 13.6. The molecule has 0 atom stereocenters. The van der Waals surface area contributed by atoms with E-state index in [9.17, 15) is 27.2 Å². The molecule has 0 aliphatic carbocycles. The number of aromatic nitrogens is 2. The molecule has 0 saturated carbocycles. The molecule has 10 heteroatoms. The highest BCUT2D eigenvalue weighted by Gasteiger charge is 2.33. The summed E-state index contributed by atoms with van der Waals surface area (Å²) in [7, 11) is 0. The van der Waals surface area contributed by atoms with Gasteiger partial charge < -0.3 is 10.3 Å². The van der Waals surface area contributed by atoms with Crippen LogP contribution in [0.5, 0.6) is 0 Å². The highest BCUT2D eigenvalue weighted by atomic mass is 35.5. The number of aromatic amines is 1. The molecule has 0 aliphatic rings. The quantitative estimate of drug-likeness (QED) is 0.672. The summed E-state index contributed by atoms with van der Waals surface area (Å²) < 4.78 is 52.8. The fraction of sp³-hybridized carbons (Fsp3) is 0.125. The number of carbonyl (C=O) groups excluding carboxylic acids is 1. The van der Waals surface area contributed by atoms with Gasteiger partial charge in [-0.2, -0.15) is 13.2 Å². The van der Waals surface area contributed by atoms with Gasteiger partial charge in [0.2, 0.25) is 5.91 Å². The van der Waals surface area contributed by atoms with Crippen LogP contribution < -0.4 is 11.0 Å². The van der Waals surface area contributed by atoms with E-state index in [-0.39, 0.29) is 11.2 Å². The van der Waals surface area contributed by atoms with Gasteiger partial charge in [-0.05, 0) is 36.4 Å². The van der Waals surface area contributed by atoms with Crippen LogP contribution in [0.25, 0.3) is 11.0 Å². The third-order valence-corrected chi connectivity index (χ3v) is 3.92. The van der Waals surface area contributed by atoms with Crippen LogP contribution in [0, 0.1) is 5.82 Å². The Morgan fingerprint density at radius 2 is 1.92 bits per heavy atom. The van der Waals surface area contributed by atoms with E-state index in [4.69, 9.17) is 11.6 Å². The minimum atomic E-state index is -4.67. The minimum Gasteiger partial charge on any atom is -0.325 e. The molecule has 0 aliphatic heterocycles. The minimum absolute atomic E-state index is 0.120. The summed E-state index contributed by atoms with van der Waals surface area (Å²) in [6.07, 6.45) is -4.67. The molecule has 2 aromatic carbocycles. The Labute approximate surface area is 148 Å². The van der Waals surface area contributed by atoms with E-state index >= 15 is 0 Å². The lowest BCUT2D eigenvalue weighted by molar-refractivity contribution is -0.137. The first kappa shape index (κ1) is 18.0. The lowest BCUT2D eigenvalue weighted by atomic mass is 10.2. The molecule has 0 spiro atoms. The van der Waals surface area contributed by atoms with E-state index in [1.165, 1.54) is 12.1 Å². The number of carbonyl (C=O) groups is 1. The molecule has 26 heavy (non-hydrogen) atoms. The normalized spacial score (nSPS) is 11.7. The summed E-state index contributed by atoms with van der Waals surface area (Å²) in [4.78, 5) is 26.4. The number of H-pyrrole nitrogens is 1. The molecular weight excluding hydrogens is 378 g/mol. The van der Waals surface area contributed by atoms with Gasteiger partial charge in [0.25, 0.3) is 0 Å². The maximum Gasteiger partial charge on any atom is 0.417 e. The summed E-state index contributed by atoms with van der Waals surface area (Å²) in [5.41, 5.74) is -1.36. The summed E-state index contributed by atoms with van der Waals surface area (Å²) in [5.74, 6) is -1.29. The second-order valence-corrected chi connectivity index (χ2v) is 5.83. The molecule has 2 N–H and O–H groups in total. The Kier molecular flexibility index (Phi) is 4.49. The molecule has 0 unspecified atom stereocenters. The molecular formula is C16H10ClF4N3O2. The van der Waals surface area contributed by atoms with E-state index in [0.29, 0.717) is 11.6 Å². The molecule has 3 rings (SSSR count). The number of nitrogens with one attached hydrogen (secondary N) is 2. The van der Waals surface area contributed by atoms with E-state index in [1.54, 1.807) is 0 Å². The van der Waals surface area contributed by atoms with Crippen molar-refractivity contribution in [3.63, 3.8) is 0 Å². The molecule has 5 nitrogen and oxygen atoms in total. The summed E-state index contributed by atoms with van der Waals surface area (Å²) in [5, 5.41) is 1.78. The SMILES string of the molecule is O=C(Cn1c(=O)[nH]c2cc(F)ccc21)Nc1ccc(Cl)c(C(F)(F)F)c1. The van der Waals surface area contributed by atoms with Crippen molar-refractivity contribution in [2.75, 3.05) is 5.32 Å². The highest BCUT2D eigenvalue weighted by molar-refractivity contribution is 6.31. The van der Waals surface area contributed by atoms with Gasteiger partial charge in [0.05, 0.1) is 21.6 Å². The van der Waals surface area contributed by atoms with Crippen molar-refractivity contribution < 1.29 is 22.4 Å². The molecule has 0 bridgehead atoms. The monoisotopic (exact) mass is 387 g/mol. The van der Waals surface area contributed by atoms with Crippen molar-refractivity contribution in [1.82, 2.24) is 9.55 Å². The number of alkyl halides is 3. The van der Waals surface area contributed by atoms with E-state index in [0.717, 1.165) is 22.8 Å². The molecule has 0 radical (unpaired) electrons. The molecule has 1 amide bonds. The van der Waals surface area contributed by atoms with Crippen molar-refractivity contribution in [3.05, 3.63) is 63.3 Å². The first-order chi connectivity index (χ1) is 12.1. The second-order valence-electron chi connectivity index (χ2n) is 5.42. The van der Waals surface area contributed by atoms with Gasteiger partial charge in [-0.15, -0.1) is 0 Å².